The third kappa shape index (κ3) is 3.81. The molecule has 0 saturated carbocycles. The first-order valence-electron chi connectivity index (χ1n) is 4.51. The van der Waals surface area contributed by atoms with Gasteiger partial charge in [-0.1, -0.05) is 0 Å². The average molecular weight is 239 g/mol. The first-order valence-corrected chi connectivity index (χ1v) is 8.80. The molecule has 0 aliphatic carbocycles. The predicted molar refractivity (Wildman–Crippen MR) is 63.5 cm³/mol. The minimum absolute atomic E-state index is 0.428. The van der Waals surface area contributed by atoms with Crippen LogP contribution in [0.3, 0.4) is 0 Å². The summed E-state index contributed by atoms with van der Waals surface area (Å²) in [6.07, 6.45) is 0. The Morgan fingerprint density at radius 3 is 2.73 bits per heavy atom. The van der Waals surface area contributed by atoms with E-state index >= 15 is 0 Å². The number of thiazole rings is 1. The van der Waals surface area contributed by atoms with Crippen LogP contribution in [-0.4, -0.2) is 19.0 Å². The molecule has 1 rings (SSSR count). The van der Waals surface area contributed by atoms with E-state index < -0.39 is 8.32 Å². The monoisotopic (exact) mass is 239 g/mol. The average Bonchev–Trinajstić information content (AvgIpc) is 2.61. The summed E-state index contributed by atoms with van der Waals surface area (Å²) in [7, 11) is -1.63. The number of oxime groups is 1. The Morgan fingerprint density at radius 1 is 1.60 bits per heavy atom. The maximum absolute atomic E-state index is 8.62. The van der Waals surface area contributed by atoms with Crippen LogP contribution < -0.4 is 0 Å². The molecule has 0 N–H and O–H groups in total. The first-order chi connectivity index (χ1) is 6.92. The van der Waals surface area contributed by atoms with E-state index in [1.165, 1.54) is 11.3 Å². The highest BCUT2D eigenvalue weighted by Crippen LogP contribution is 2.11. The van der Waals surface area contributed by atoms with Crippen molar-refractivity contribution in [2.45, 2.75) is 26.6 Å². The molecule has 1 aromatic heterocycles. The second kappa shape index (κ2) is 4.55. The van der Waals surface area contributed by atoms with Crippen LogP contribution in [0.15, 0.2) is 10.5 Å². The molecule has 0 radical (unpaired) electrons. The molecule has 0 aromatic carbocycles. The van der Waals surface area contributed by atoms with Crippen molar-refractivity contribution < 1.29 is 4.53 Å². The zero-order chi connectivity index (χ0) is 11.5. The number of hydrogen-bond acceptors (Lipinski definition) is 5. The molecule has 15 heavy (non-hydrogen) atoms. The SMILES string of the molecule is C/C(=N\O[Si](C)(C)C)c1nc(C#N)cs1. The molecule has 0 bridgehead atoms. The van der Waals surface area contributed by atoms with Crippen LogP contribution in [0.4, 0.5) is 0 Å². The van der Waals surface area contributed by atoms with E-state index in [9.17, 15) is 0 Å². The van der Waals surface area contributed by atoms with Crippen molar-refractivity contribution in [3.63, 3.8) is 0 Å². The normalized spacial score (nSPS) is 12.3. The zero-order valence-electron chi connectivity index (χ0n) is 9.24. The lowest BCUT2D eigenvalue weighted by Crippen LogP contribution is -2.22. The lowest BCUT2D eigenvalue weighted by atomic mass is 10.4. The molecule has 0 aliphatic heterocycles. The Kier molecular flexibility index (Phi) is 3.60. The summed E-state index contributed by atoms with van der Waals surface area (Å²) in [5.41, 5.74) is 1.15. The smallest absolute Gasteiger partial charge is 0.278 e. The van der Waals surface area contributed by atoms with E-state index in [0.717, 1.165) is 10.7 Å². The molecule has 0 unspecified atom stereocenters. The summed E-state index contributed by atoms with van der Waals surface area (Å²) >= 11 is 1.40. The maximum Gasteiger partial charge on any atom is 0.278 e. The Bertz CT molecular complexity index is 414. The standard InChI is InChI=1S/C9H13N3OSSi/c1-7(12-13-15(2,3)4)9-11-8(5-10)6-14-9/h6H,1-4H3/b12-7+. The van der Waals surface area contributed by atoms with Crippen LogP contribution >= 0.6 is 11.3 Å². The van der Waals surface area contributed by atoms with Gasteiger partial charge in [0.25, 0.3) is 8.32 Å². The number of nitriles is 1. The van der Waals surface area contributed by atoms with Gasteiger partial charge in [0.2, 0.25) is 0 Å². The van der Waals surface area contributed by atoms with Gasteiger partial charge >= 0.3 is 0 Å². The van der Waals surface area contributed by atoms with E-state index in [-0.39, 0.29) is 0 Å². The van der Waals surface area contributed by atoms with Gasteiger partial charge in [-0.25, -0.2) is 4.98 Å². The van der Waals surface area contributed by atoms with Gasteiger partial charge in [0, 0.05) is 5.38 Å². The summed E-state index contributed by atoms with van der Waals surface area (Å²) in [6.45, 7) is 8.02. The highest BCUT2D eigenvalue weighted by atomic mass is 32.1. The van der Waals surface area contributed by atoms with E-state index in [4.69, 9.17) is 9.79 Å². The molecule has 4 nitrogen and oxygen atoms in total. The second-order valence-electron chi connectivity index (χ2n) is 4.03. The number of nitrogens with zero attached hydrogens (tertiary/aromatic N) is 3. The van der Waals surface area contributed by atoms with E-state index in [1.54, 1.807) is 5.38 Å². The number of hydrogen-bond donors (Lipinski definition) is 0. The molecule has 0 saturated heterocycles. The predicted octanol–water partition coefficient (Wildman–Crippen LogP) is 2.59. The third-order valence-electron chi connectivity index (χ3n) is 1.38. The fraction of sp³-hybridized carbons (Fsp3) is 0.444. The highest BCUT2D eigenvalue weighted by molar-refractivity contribution is 7.11. The van der Waals surface area contributed by atoms with Crippen molar-refractivity contribution in [3.05, 3.63) is 16.1 Å². The molecule has 1 aromatic rings. The van der Waals surface area contributed by atoms with Gasteiger partial charge in [0.05, 0.1) is 0 Å². The summed E-state index contributed by atoms with van der Waals surface area (Å²) in [4.78, 5) is 4.09. The maximum atomic E-state index is 8.62. The number of aromatic nitrogens is 1. The van der Waals surface area contributed by atoms with Crippen LogP contribution in [-0.2, 0) is 4.53 Å². The molecule has 0 amide bonds. The molecule has 0 aliphatic rings. The van der Waals surface area contributed by atoms with Gasteiger partial charge in [0.15, 0.2) is 5.69 Å². The summed E-state index contributed by atoms with van der Waals surface area (Å²) < 4.78 is 5.40. The third-order valence-corrected chi connectivity index (χ3v) is 2.97. The van der Waals surface area contributed by atoms with Crippen LogP contribution in [0, 0.1) is 11.3 Å². The largest absolute Gasteiger partial charge is 0.455 e. The lowest BCUT2D eigenvalue weighted by Gasteiger charge is -2.12. The van der Waals surface area contributed by atoms with Gasteiger partial charge in [-0.05, 0) is 26.6 Å². The molecule has 0 atom stereocenters. The van der Waals surface area contributed by atoms with Crippen LogP contribution in [0.25, 0.3) is 0 Å². The topological polar surface area (TPSA) is 58.3 Å². The van der Waals surface area contributed by atoms with Crippen molar-refractivity contribution in [1.29, 1.82) is 5.26 Å². The van der Waals surface area contributed by atoms with Gasteiger partial charge < -0.3 is 4.53 Å². The molecule has 6 heteroatoms. The van der Waals surface area contributed by atoms with Crippen LogP contribution in [0.1, 0.15) is 17.6 Å². The molecule has 0 spiro atoms. The minimum Gasteiger partial charge on any atom is -0.455 e. The van der Waals surface area contributed by atoms with Gasteiger partial charge in [-0.2, -0.15) is 5.26 Å². The Labute approximate surface area is 94.3 Å². The Balaban J connectivity index is 2.77. The van der Waals surface area contributed by atoms with Crippen LogP contribution in [0.2, 0.25) is 19.6 Å². The second-order valence-corrected chi connectivity index (χ2v) is 9.30. The molecule has 1 heterocycles. The Hall–Kier alpha value is -1.19. The first kappa shape index (κ1) is 11.9. The fourth-order valence-corrected chi connectivity index (χ4v) is 1.83. The van der Waals surface area contributed by atoms with E-state index in [2.05, 4.69) is 29.8 Å². The summed E-state index contributed by atoms with van der Waals surface area (Å²) in [5, 5.41) is 15.1. The van der Waals surface area contributed by atoms with Gasteiger partial charge in [-0.3, -0.25) is 0 Å². The van der Waals surface area contributed by atoms with Gasteiger partial charge in [0.1, 0.15) is 16.8 Å². The Morgan fingerprint density at radius 2 is 2.27 bits per heavy atom. The van der Waals surface area contributed by atoms with Crippen molar-refractivity contribution in [1.82, 2.24) is 4.98 Å². The van der Waals surface area contributed by atoms with E-state index in [1.807, 2.05) is 13.0 Å². The van der Waals surface area contributed by atoms with Gasteiger partial charge in [-0.15, -0.1) is 16.5 Å². The molecular weight excluding hydrogens is 226 g/mol. The molecular formula is C9H13N3OSSi. The zero-order valence-corrected chi connectivity index (χ0v) is 11.1. The quantitative estimate of drug-likeness (QED) is 0.463. The molecule has 0 fully saturated rings. The minimum atomic E-state index is -1.63. The van der Waals surface area contributed by atoms with Crippen LogP contribution in [0.5, 0.6) is 0 Å². The number of rotatable bonds is 3. The van der Waals surface area contributed by atoms with E-state index in [0.29, 0.717) is 5.69 Å². The fourth-order valence-electron chi connectivity index (χ4n) is 0.736. The van der Waals surface area contributed by atoms with Crippen molar-refractivity contribution in [3.8, 4) is 6.07 Å². The summed E-state index contributed by atoms with van der Waals surface area (Å²) in [5.74, 6) is 0. The van der Waals surface area contributed by atoms with Crippen molar-refractivity contribution in [2.24, 2.45) is 5.16 Å². The summed E-state index contributed by atoms with van der Waals surface area (Å²) in [6, 6.07) is 1.99. The van der Waals surface area contributed by atoms with Crippen molar-refractivity contribution >= 4 is 25.4 Å². The molecule has 80 valence electrons. The van der Waals surface area contributed by atoms with Crippen molar-refractivity contribution in [2.75, 3.05) is 0 Å². The highest BCUT2D eigenvalue weighted by Gasteiger charge is 2.16. The lowest BCUT2D eigenvalue weighted by molar-refractivity contribution is 0.335.